The molecule has 1 aromatic rings. The van der Waals surface area contributed by atoms with Crippen LogP contribution in [0.2, 0.25) is 0 Å². The summed E-state index contributed by atoms with van der Waals surface area (Å²) in [6, 6.07) is 0.508. The van der Waals surface area contributed by atoms with Crippen molar-refractivity contribution in [1.29, 1.82) is 0 Å². The third-order valence-corrected chi connectivity index (χ3v) is 4.33. The number of piperidine rings is 1. The molecule has 1 saturated heterocycles. The molecule has 0 amide bonds. The zero-order valence-corrected chi connectivity index (χ0v) is 12.4. The second-order valence-electron chi connectivity index (χ2n) is 4.49. The van der Waals surface area contributed by atoms with Gasteiger partial charge in [-0.15, -0.1) is 11.3 Å². The van der Waals surface area contributed by atoms with E-state index in [-0.39, 0.29) is 0 Å². The fraction of sp³-hybridized carbons (Fsp3) is 0.583. The zero-order chi connectivity index (χ0) is 13.0. The first kappa shape index (κ1) is 13.4. The summed E-state index contributed by atoms with van der Waals surface area (Å²) >= 11 is 6.97. The molecule has 1 aliphatic heterocycles. The SMILES string of the molecule is C/C(=N\NC(=S)N1CCCCC1C)c1nccs1. The highest BCUT2D eigenvalue weighted by Crippen LogP contribution is 2.16. The Labute approximate surface area is 117 Å². The number of nitrogens with one attached hydrogen (secondary N) is 1. The summed E-state index contributed by atoms with van der Waals surface area (Å²) in [5.41, 5.74) is 3.86. The summed E-state index contributed by atoms with van der Waals surface area (Å²) in [6.07, 6.45) is 5.49. The van der Waals surface area contributed by atoms with Gasteiger partial charge in [0.25, 0.3) is 0 Å². The van der Waals surface area contributed by atoms with Crippen LogP contribution in [0.25, 0.3) is 0 Å². The Hall–Kier alpha value is -1.01. The lowest BCUT2D eigenvalue weighted by atomic mass is 10.0. The number of rotatable bonds is 2. The Bertz CT molecular complexity index is 427. The zero-order valence-electron chi connectivity index (χ0n) is 10.7. The van der Waals surface area contributed by atoms with Crippen LogP contribution in [0.5, 0.6) is 0 Å². The fourth-order valence-corrected chi connectivity index (χ4v) is 2.95. The van der Waals surface area contributed by atoms with Gasteiger partial charge in [0.1, 0.15) is 5.01 Å². The summed E-state index contributed by atoms with van der Waals surface area (Å²) < 4.78 is 0. The van der Waals surface area contributed by atoms with E-state index in [9.17, 15) is 0 Å². The second kappa shape index (κ2) is 6.24. The number of nitrogens with zero attached hydrogens (tertiary/aromatic N) is 3. The monoisotopic (exact) mass is 282 g/mol. The Morgan fingerprint density at radius 3 is 3.11 bits per heavy atom. The molecule has 0 aromatic carbocycles. The van der Waals surface area contributed by atoms with E-state index in [0.717, 1.165) is 22.4 Å². The van der Waals surface area contributed by atoms with E-state index in [1.807, 2.05) is 12.3 Å². The topological polar surface area (TPSA) is 40.5 Å². The van der Waals surface area contributed by atoms with Gasteiger partial charge >= 0.3 is 0 Å². The Balaban J connectivity index is 1.93. The Kier molecular flexibility index (Phi) is 4.66. The van der Waals surface area contributed by atoms with Gasteiger partial charge in [-0.1, -0.05) is 0 Å². The molecule has 2 rings (SSSR count). The van der Waals surface area contributed by atoms with Gasteiger partial charge in [-0.2, -0.15) is 5.10 Å². The van der Waals surface area contributed by atoms with Crippen LogP contribution >= 0.6 is 23.6 Å². The van der Waals surface area contributed by atoms with Crippen molar-refractivity contribution in [2.24, 2.45) is 5.10 Å². The number of likely N-dealkylation sites (tertiary alicyclic amines) is 1. The van der Waals surface area contributed by atoms with E-state index >= 15 is 0 Å². The highest BCUT2D eigenvalue weighted by molar-refractivity contribution is 7.80. The normalized spacial score (nSPS) is 20.9. The van der Waals surface area contributed by atoms with Crippen LogP contribution in [-0.2, 0) is 0 Å². The predicted molar refractivity (Wildman–Crippen MR) is 80.1 cm³/mol. The van der Waals surface area contributed by atoms with Crippen molar-refractivity contribution >= 4 is 34.4 Å². The maximum atomic E-state index is 5.39. The molecule has 4 nitrogen and oxygen atoms in total. The third-order valence-electron chi connectivity index (χ3n) is 3.12. The average Bonchev–Trinajstić information content (AvgIpc) is 2.90. The Morgan fingerprint density at radius 2 is 2.44 bits per heavy atom. The van der Waals surface area contributed by atoms with Gasteiger partial charge in [0.2, 0.25) is 0 Å². The second-order valence-corrected chi connectivity index (χ2v) is 5.77. The van der Waals surface area contributed by atoms with Crippen LogP contribution in [0.4, 0.5) is 0 Å². The molecule has 1 atom stereocenters. The van der Waals surface area contributed by atoms with Gasteiger partial charge in [-0.05, 0) is 45.3 Å². The van der Waals surface area contributed by atoms with Gasteiger partial charge in [-0.25, -0.2) is 4.98 Å². The standard InChI is InChI=1S/C12H18N4S2/c1-9-5-3-4-7-16(9)12(17)15-14-10(2)11-13-6-8-18-11/h6,8-9H,3-5,7H2,1-2H3,(H,15,17)/b14-10+. The molecular formula is C12H18N4S2. The van der Waals surface area contributed by atoms with Crippen LogP contribution in [0.1, 0.15) is 38.1 Å². The van der Waals surface area contributed by atoms with Gasteiger partial charge in [-0.3, -0.25) is 5.43 Å². The van der Waals surface area contributed by atoms with Gasteiger partial charge in [0.05, 0.1) is 5.71 Å². The van der Waals surface area contributed by atoms with E-state index < -0.39 is 0 Å². The predicted octanol–water partition coefficient (Wildman–Crippen LogP) is 2.62. The molecule has 1 fully saturated rings. The van der Waals surface area contributed by atoms with Crippen molar-refractivity contribution in [2.45, 2.75) is 39.2 Å². The largest absolute Gasteiger partial charge is 0.345 e. The fourth-order valence-electron chi connectivity index (χ4n) is 2.05. The number of hydrogen-bond acceptors (Lipinski definition) is 4. The van der Waals surface area contributed by atoms with Crippen molar-refractivity contribution in [3.05, 3.63) is 16.6 Å². The average molecular weight is 282 g/mol. The van der Waals surface area contributed by atoms with Crippen LogP contribution in [0, 0.1) is 0 Å². The van der Waals surface area contributed by atoms with Crippen molar-refractivity contribution in [3.8, 4) is 0 Å². The molecule has 6 heteroatoms. The maximum absolute atomic E-state index is 5.39. The summed E-state index contributed by atoms with van der Waals surface area (Å²) in [4.78, 5) is 6.43. The van der Waals surface area contributed by atoms with Crippen LogP contribution in [0.15, 0.2) is 16.7 Å². The quantitative estimate of drug-likeness (QED) is 0.514. The summed E-state index contributed by atoms with van der Waals surface area (Å²) in [7, 11) is 0. The summed E-state index contributed by atoms with van der Waals surface area (Å²) in [5.74, 6) is 0. The third kappa shape index (κ3) is 3.26. The van der Waals surface area contributed by atoms with Crippen LogP contribution < -0.4 is 5.43 Å². The molecule has 1 unspecified atom stereocenters. The van der Waals surface area contributed by atoms with Crippen molar-refractivity contribution in [3.63, 3.8) is 0 Å². The Morgan fingerprint density at radius 1 is 1.61 bits per heavy atom. The lowest BCUT2D eigenvalue weighted by molar-refractivity contribution is 0.256. The first-order chi connectivity index (χ1) is 8.68. The lowest BCUT2D eigenvalue weighted by Crippen LogP contribution is -2.46. The minimum Gasteiger partial charge on any atom is -0.345 e. The number of aromatic nitrogens is 1. The molecule has 98 valence electrons. The molecule has 1 aromatic heterocycles. The molecule has 18 heavy (non-hydrogen) atoms. The van der Waals surface area contributed by atoms with Gasteiger partial charge in [0, 0.05) is 24.2 Å². The molecule has 0 spiro atoms. The first-order valence-corrected chi connectivity index (χ1v) is 7.48. The first-order valence-electron chi connectivity index (χ1n) is 6.19. The highest BCUT2D eigenvalue weighted by atomic mass is 32.1. The lowest BCUT2D eigenvalue weighted by Gasteiger charge is -2.34. The molecule has 2 heterocycles. The van der Waals surface area contributed by atoms with Gasteiger partial charge < -0.3 is 4.90 Å². The maximum Gasteiger partial charge on any atom is 0.189 e. The molecule has 1 aliphatic rings. The molecular weight excluding hydrogens is 264 g/mol. The summed E-state index contributed by atoms with van der Waals surface area (Å²) in [6.45, 7) is 5.18. The van der Waals surface area contributed by atoms with E-state index in [0.29, 0.717) is 6.04 Å². The van der Waals surface area contributed by atoms with Gasteiger partial charge in [0.15, 0.2) is 5.11 Å². The smallest absolute Gasteiger partial charge is 0.189 e. The van der Waals surface area contributed by atoms with Crippen LogP contribution in [-0.4, -0.2) is 33.3 Å². The minimum atomic E-state index is 0.508. The van der Waals surface area contributed by atoms with Crippen molar-refractivity contribution in [1.82, 2.24) is 15.3 Å². The van der Waals surface area contributed by atoms with Crippen molar-refractivity contribution in [2.75, 3.05) is 6.54 Å². The number of hydrogen-bond donors (Lipinski definition) is 1. The number of hydrazone groups is 1. The highest BCUT2D eigenvalue weighted by Gasteiger charge is 2.20. The number of thiocarbonyl (C=S) groups is 1. The molecule has 0 radical (unpaired) electrons. The number of thiazole rings is 1. The van der Waals surface area contributed by atoms with E-state index in [1.165, 1.54) is 19.3 Å². The summed E-state index contributed by atoms with van der Waals surface area (Å²) in [5, 5.41) is 7.90. The van der Waals surface area contributed by atoms with E-state index in [4.69, 9.17) is 12.2 Å². The van der Waals surface area contributed by atoms with E-state index in [2.05, 4.69) is 27.3 Å². The molecule has 0 saturated carbocycles. The van der Waals surface area contributed by atoms with E-state index in [1.54, 1.807) is 17.5 Å². The molecule has 1 N–H and O–H groups in total. The molecule has 0 bridgehead atoms. The minimum absolute atomic E-state index is 0.508. The molecule has 0 aliphatic carbocycles. The van der Waals surface area contributed by atoms with Crippen LogP contribution in [0.3, 0.4) is 0 Å². The van der Waals surface area contributed by atoms with Crippen molar-refractivity contribution < 1.29 is 0 Å².